The van der Waals surface area contributed by atoms with E-state index in [0.29, 0.717) is 15.5 Å². The van der Waals surface area contributed by atoms with E-state index in [9.17, 15) is 9.59 Å². The molecule has 0 spiro atoms. The molecule has 1 aliphatic rings. The number of halogens is 1. The molecule has 0 bridgehead atoms. The number of ketones is 1. The van der Waals surface area contributed by atoms with Crippen molar-refractivity contribution in [3.05, 3.63) is 56.2 Å². The van der Waals surface area contributed by atoms with Gasteiger partial charge in [-0.25, -0.2) is 4.79 Å². The van der Waals surface area contributed by atoms with E-state index in [0.717, 1.165) is 19.3 Å². The van der Waals surface area contributed by atoms with Gasteiger partial charge in [-0.15, -0.1) is 11.3 Å². The molecule has 0 amide bonds. The van der Waals surface area contributed by atoms with Crippen LogP contribution in [-0.4, -0.2) is 17.9 Å². The van der Waals surface area contributed by atoms with Crippen molar-refractivity contribution in [2.24, 2.45) is 0 Å². The van der Waals surface area contributed by atoms with Gasteiger partial charge in [-0.3, -0.25) is 4.79 Å². The van der Waals surface area contributed by atoms with Crippen LogP contribution in [0.2, 0.25) is 5.02 Å². The Morgan fingerprint density at radius 3 is 2.64 bits per heavy atom. The molecule has 1 aromatic carbocycles. The lowest BCUT2D eigenvalue weighted by Gasteiger charge is -2.11. The number of thiophene rings is 1. The maximum absolute atomic E-state index is 12.2. The number of esters is 1. The SMILES string of the molecule is C[C@@H](OC(=O)c1cc2c(s1)CCC2)C(=O)c1ccc(Cl)cc1. The molecular formula is C17H15ClO3S. The highest BCUT2D eigenvalue weighted by Crippen LogP contribution is 2.31. The highest BCUT2D eigenvalue weighted by molar-refractivity contribution is 7.14. The zero-order chi connectivity index (χ0) is 15.7. The summed E-state index contributed by atoms with van der Waals surface area (Å²) in [4.78, 5) is 26.3. The van der Waals surface area contributed by atoms with Crippen LogP contribution in [0.4, 0.5) is 0 Å². The number of ether oxygens (including phenoxy) is 1. The second-order valence-electron chi connectivity index (χ2n) is 5.33. The van der Waals surface area contributed by atoms with E-state index < -0.39 is 12.1 Å². The van der Waals surface area contributed by atoms with E-state index in [1.54, 1.807) is 31.2 Å². The first-order valence-corrected chi connectivity index (χ1v) is 8.36. The van der Waals surface area contributed by atoms with Crippen LogP contribution in [0.25, 0.3) is 0 Å². The number of Topliss-reactive ketones (excluding diaryl/α,β-unsaturated/α-hetero) is 1. The Labute approximate surface area is 137 Å². The Balaban J connectivity index is 1.67. The summed E-state index contributed by atoms with van der Waals surface area (Å²) in [5.74, 6) is -0.650. The van der Waals surface area contributed by atoms with Crippen molar-refractivity contribution < 1.29 is 14.3 Å². The fourth-order valence-corrected chi connectivity index (χ4v) is 3.81. The lowest BCUT2D eigenvalue weighted by atomic mass is 10.1. The maximum atomic E-state index is 12.2. The van der Waals surface area contributed by atoms with E-state index in [4.69, 9.17) is 16.3 Å². The van der Waals surface area contributed by atoms with E-state index >= 15 is 0 Å². The summed E-state index contributed by atoms with van der Waals surface area (Å²) in [7, 11) is 0. The van der Waals surface area contributed by atoms with Crippen molar-refractivity contribution >= 4 is 34.7 Å². The van der Waals surface area contributed by atoms with E-state index in [1.165, 1.54) is 21.8 Å². The first-order valence-electron chi connectivity index (χ1n) is 7.17. The topological polar surface area (TPSA) is 43.4 Å². The van der Waals surface area contributed by atoms with Crippen LogP contribution in [0.5, 0.6) is 0 Å². The number of carbonyl (C=O) groups excluding carboxylic acids is 2. The number of hydrogen-bond acceptors (Lipinski definition) is 4. The fraction of sp³-hybridized carbons (Fsp3) is 0.294. The molecule has 0 aliphatic heterocycles. The van der Waals surface area contributed by atoms with Crippen molar-refractivity contribution in [3.8, 4) is 0 Å². The molecule has 3 nitrogen and oxygen atoms in total. The second kappa shape index (κ2) is 6.23. The summed E-state index contributed by atoms with van der Waals surface area (Å²) in [5.41, 5.74) is 1.73. The number of aryl methyl sites for hydroxylation is 2. The predicted molar refractivity (Wildman–Crippen MR) is 87.0 cm³/mol. The summed E-state index contributed by atoms with van der Waals surface area (Å²) in [6, 6.07) is 8.46. The Morgan fingerprint density at radius 2 is 1.95 bits per heavy atom. The molecule has 0 saturated carbocycles. The van der Waals surface area contributed by atoms with Gasteiger partial charge in [-0.05, 0) is 62.1 Å². The van der Waals surface area contributed by atoms with Gasteiger partial charge >= 0.3 is 5.97 Å². The minimum absolute atomic E-state index is 0.228. The largest absolute Gasteiger partial charge is 0.450 e. The van der Waals surface area contributed by atoms with Gasteiger partial charge in [0.2, 0.25) is 5.78 Å². The first-order chi connectivity index (χ1) is 10.5. The summed E-state index contributed by atoms with van der Waals surface area (Å²) >= 11 is 7.28. The van der Waals surface area contributed by atoms with E-state index in [-0.39, 0.29) is 5.78 Å². The average Bonchev–Trinajstić information content (AvgIpc) is 3.08. The molecule has 1 heterocycles. The molecule has 114 valence electrons. The standard InChI is InChI=1S/C17H15ClO3S/c1-10(16(19)11-5-7-13(18)8-6-11)21-17(20)15-9-12-3-2-4-14(12)22-15/h5-10H,2-4H2,1H3/t10-/m1/s1. The molecule has 5 heteroatoms. The summed E-state index contributed by atoms with van der Waals surface area (Å²) < 4.78 is 5.31. The monoisotopic (exact) mass is 334 g/mol. The third-order valence-corrected chi connectivity index (χ3v) is 5.20. The third-order valence-electron chi connectivity index (χ3n) is 3.73. The van der Waals surface area contributed by atoms with E-state index in [2.05, 4.69) is 0 Å². The van der Waals surface area contributed by atoms with Gasteiger partial charge in [-0.2, -0.15) is 0 Å². The lowest BCUT2D eigenvalue weighted by Crippen LogP contribution is -2.24. The minimum atomic E-state index is -0.814. The third kappa shape index (κ3) is 3.08. The van der Waals surface area contributed by atoms with Gasteiger partial charge in [0.25, 0.3) is 0 Å². The van der Waals surface area contributed by atoms with Crippen LogP contribution in [0.1, 0.15) is 43.8 Å². The Morgan fingerprint density at radius 1 is 1.23 bits per heavy atom. The smallest absolute Gasteiger partial charge is 0.349 e. The average molecular weight is 335 g/mol. The van der Waals surface area contributed by atoms with Crippen LogP contribution >= 0.6 is 22.9 Å². The Bertz CT molecular complexity index is 697. The molecular weight excluding hydrogens is 320 g/mol. The molecule has 3 rings (SSSR count). The van der Waals surface area contributed by atoms with Crippen molar-refractivity contribution in [1.82, 2.24) is 0 Å². The lowest BCUT2D eigenvalue weighted by molar-refractivity contribution is 0.0323. The fourth-order valence-electron chi connectivity index (χ4n) is 2.55. The number of benzene rings is 1. The van der Waals surface area contributed by atoms with Gasteiger partial charge in [0.1, 0.15) is 4.88 Å². The van der Waals surface area contributed by atoms with Crippen LogP contribution in [0.3, 0.4) is 0 Å². The van der Waals surface area contributed by atoms with Crippen molar-refractivity contribution in [2.45, 2.75) is 32.3 Å². The van der Waals surface area contributed by atoms with Crippen LogP contribution in [0, 0.1) is 0 Å². The van der Waals surface area contributed by atoms with Gasteiger partial charge in [-0.1, -0.05) is 11.6 Å². The summed E-state index contributed by atoms with van der Waals surface area (Å²) in [6.45, 7) is 1.59. The summed E-state index contributed by atoms with van der Waals surface area (Å²) in [6.07, 6.45) is 2.40. The molecule has 1 aromatic heterocycles. The van der Waals surface area contributed by atoms with Crippen molar-refractivity contribution in [2.75, 3.05) is 0 Å². The van der Waals surface area contributed by atoms with Crippen molar-refractivity contribution in [3.63, 3.8) is 0 Å². The zero-order valence-corrected chi connectivity index (χ0v) is 13.7. The molecule has 1 atom stereocenters. The summed E-state index contributed by atoms with van der Waals surface area (Å²) in [5, 5.41) is 0.564. The highest BCUT2D eigenvalue weighted by atomic mass is 35.5. The quantitative estimate of drug-likeness (QED) is 0.618. The molecule has 0 fully saturated rings. The molecule has 22 heavy (non-hydrogen) atoms. The second-order valence-corrected chi connectivity index (χ2v) is 6.90. The van der Waals surface area contributed by atoms with Gasteiger partial charge in [0.05, 0.1) is 0 Å². The van der Waals surface area contributed by atoms with Crippen molar-refractivity contribution in [1.29, 1.82) is 0 Å². The van der Waals surface area contributed by atoms with Crippen LogP contribution in [0.15, 0.2) is 30.3 Å². The number of fused-ring (bicyclic) bond motifs is 1. The van der Waals surface area contributed by atoms with Crippen LogP contribution < -0.4 is 0 Å². The normalized spacial score (nSPS) is 14.5. The molecule has 0 N–H and O–H groups in total. The molecule has 0 unspecified atom stereocenters. The number of rotatable bonds is 4. The van der Waals surface area contributed by atoms with Gasteiger partial charge in [0.15, 0.2) is 6.10 Å². The Hall–Kier alpha value is -1.65. The highest BCUT2D eigenvalue weighted by Gasteiger charge is 2.23. The zero-order valence-electron chi connectivity index (χ0n) is 12.1. The molecule has 0 radical (unpaired) electrons. The van der Waals surface area contributed by atoms with Gasteiger partial charge < -0.3 is 4.74 Å². The van der Waals surface area contributed by atoms with E-state index in [1.807, 2.05) is 6.07 Å². The minimum Gasteiger partial charge on any atom is -0.450 e. The maximum Gasteiger partial charge on any atom is 0.349 e. The Kier molecular flexibility index (Phi) is 4.32. The number of hydrogen-bond donors (Lipinski definition) is 0. The molecule has 0 saturated heterocycles. The van der Waals surface area contributed by atoms with Crippen LogP contribution in [-0.2, 0) is 17.6 Å². The molecule has 1 aliphatic carbocycles. The van der Waals surface area contributed by atoms with Gasteiger partial charge in [0, 0.05) is 15.5 Å². The first kappa shape index (κ1) is 15.3. The predicted octanol–water partition coefficient (Wildman–Crippen LogP) is 4.32. The molecule has 2 aromatic rings. The number of carbonyl (C=O) groups is 2.